The van der Waals surface area contributed by atoms with Crippen LogP contribution < -0.4 is 10.6 Å². The molecule has 0 saturated carbocycles. The molecule has 0 spiro atoms. The Bertz CT molecular complexity index is 922. The summed E-state index contributed by atoms with van der Waals surface area (Å²) in [6, 6.07) is 14.3. The first-order valence-electron chi connectivity index (χ1n) is 8.97. The van der Waals surface area contributed by atoms with Crippen molar-refractivity contribution in [3.8, 4) is 0 Å². The number of nitrogens with one attached hydrogen (secondary N) is 2. The molecule has 0 saturated heterocycles. The summed E-state index contributed by atoms with van der Waals surface area (Å²) in [5.41, 5.74) is 2.53. The first-order valence-corrected chi connectivity index (χ1v) is 9.35. The van der Waals surface area contributed by atoms with E-state index in [0.717, 1.165) is 11.1 Å². The Morgan fingerprint density at radius 1 is 1.07 bits per heavy atom. The summed E-state index contributed by atoms with van der Waals surface area (Å²) in [4.78, 5) is 28.5. The van der Waals surface area contributed by atoms with Crippen LogP contribution in [0.4, 0.5) is 5.69 Å². The van der Waals surface area contributed by atoms with Crippen molar-refractivity contribution in [3.63, 3.8) is 0 Å². The quantitative estimate of drug-likeness (QED) is 0.622. The van der Waals surface area contributed by atoms with Gasteiger partial charge < -0.3 is 15.2 Å². The molecule has 2 amide bonds. The Labute approximate surface area is 168 Å². The highest BCUT2D eigenvalue weighted by Gasteiger charge is 2.19. The van der Waals surface area contributed by atoms with Crippen molar-refractivity contribution in [1.82, 2.24) is 14.9 Å². The average Bonchev–Trinajstić information content (AvgIpc) is 3.21. The number of anilines is 1. The van der Waals surface area contributed by atoms with E-state index in [9.17, 15) is 9.59 Å². The van der Waals surface area contributed by atoms with E-state index in [4.69, 9.17) is 11.6 Å². The minimum atomic E-state index is -0.699. The second-order valence-corrected chi connectivity index (χ2v) is 6.81. The van der Waals surface area contributed by atoms with Crippen LogP contribution in [-0.2, 0) is 16.1 Å². The van der Waals surface area contributed by atoms with Gasteiger partial charge in [0.2, 0.25) is 0 Å². The molecule has 144 valence electrons. The van der Waals surface area contributed by atoms with Gasteiger partial charge in [-0.15, -0.1) is 0 Å². The minimum Gasteiger partial charge on any atom is -0.341 e. The summed E-state index contributed by atoms with van der Waals surface area (Å²) in [6.45, 7) is 2.63. The molecule has 1 aromatic heterocycles. The minimum absolute atomic E-state index is 0.256. The molecule has 3 rings (SSSR count). The number of amides is 2. The number of hydrogen-bond donors (Lipinski definition) is 2. The number of rotatable bonds is 6. The van der Waals surface area contributed by atoms with Crippen molar-refractivity contribution in [2.45, 2.75) is 25.9 Å². The molecular formula is C21H21ClN4O2. The number of benzene rings is 2. The van der Waals surface area contributed by atoms with Gasteiger partial charge in [-0.2, -0.15) is 0 Å². The van der Waals surface area contributed by atoms with Crippen LogP contribution in [0.1, 0.15) is 30.5 Å². The zero-order chi connectivity index (χ0) is 19.9. The third-order valence-electron chi connectivity index (χ3n) is 4.33. The van der Waals surface area contributed by atoms with E-state index in [2.05, 4.69) is 15.6 Å². The average molecular weight is 397 g/mol. The lowest BCUT2D eigenvalue weighted by Gasteiger charge is -2.17. The SMILES string of the molecule is CCC(NC(=O)C(=O)Nc1ccc(Cn2ccnc2)cc1)c1ccc(Cl)cc1. The van der Waals surface area contributed by atoms with Gasteiger partial charge >= 0.3 is 11.8 Å². The molecule has 7 heteroatoms. The van der Waals surface area contributed by atoms with Crippen LogP contribution in [0, 0.1) is 0 Å². The molecule has 28 heavy (non-hydrogen) atoms. The molecule has 0 aliphatic carbocycles. The van der Waals surface area contributed by atoms with Crippen LogP contribution in [0.15, 0.2) is 67.3 Å². The van der Waals surface area contributed by atoms with E-state index in [1.807, 2.05) is 42.0 Å². The molecule has 0 fully saturated rings. The molecular weight excluding hydrogens is 376 g/mol. The largest absolute Gasteiger partial charge is 0.341 e. The van der Waals surface area contributed by atoms with E-state index in [-0.39, 0.29) is 6.04 Å². The first-order chi connectivity index (χ1) is 13.5. The Morgan fingerprint density at radius 2 is 1.79 bits per heavy atom. The highest BCUT2D eigenvalue weighted by molar-refractivity contribution is 6.39. The van der Waals surface area contributed by atoms with E-state index in [1.54, 1.807) is 36.8 Å². The second kappa shape index (κ2) is 9.19. The summed E-state index contributed by atoms with van der Waals surface area (Å²) < 4.78 is 1.95. The Balaban J connectivity index is 1.57. The molecule has 0 aliphatic rings. The molecule has 1 heterocycles. The van der Waals surface area contributed by atoms with E-state index in [1.165, 1.54) is 0 Å². The van der Waals surface area contributed by atoms with Gasteiger partial charge in [0.05, 0.1) is 12.4 Å². The van der Waals surface area contributed by atoms with Crippen molar-refractivity contribution in [2.75, 3.05) is 5.32 Å². The van der Waals surface area contributed by atoms with Gasteiger partial charge in [0.15, 0.2) is 0 Å². The third kappa shape index (κ3) is 5.20. The van der Waals surface area contributed by atoms with Gasteiger partial charge in [0.25, 0.3) is 0 Å². The summed E-state index contributed by atoms with van der Waals surface area (Å²) in [5.74, 6) is -1.38. The van der Waals surface area contributed by atoms with Crippen LogP contribution in [0.25, 0.3) is 0 Å². The van der Waals surface area contributed by atoms with Crippen molar-refractivity contribution in [1.29, 1.82) is 0 Å². The lowest BCUT2D eigenvalue weighted by molar-refractivity contribution is -0.136. The van der Waals surface area contributed by atoms with Crippen molar-refractivity contribution < 1.29 is 9.59 Å². The fourth-order valence-corrected chi connectivity index (χ4v) is 2.94. The highest BCUT2D eigenvalue weighted by atomic mass is 35.5. The second-order valence-electron chi connectivity index (χ2n) is 6.37. The topological polar surface area (TPSA) is 76.0 Å². The molecule has 0 radical (unpaired) electrons. The molecule has 3 aromatic rings. The Kier molecular flexibility index (Phi) is 6.45. The number of hydrogen-bond acceptors (Lipinski definition) is 3. The number of carbonyl (C=O) groups excluding carboxylic acids is 2. The lowest BCUT2D eigenvalue weighted by Crippen LogP contribution is -2.37. The van der Waals surface area contributed by atoms with Crippen LogP contribution in [0.5, 0.6) is 0 Å². The van der Waals surface area contributed by atoms with Crippen molar-refractivity contribution in [3.05, 3.63) is 83.4 Å². The maximum Gasteiger partial charge on any atom is 0.313 e. The van der Waals surface area contributed by atoms with Crippen LogP contribution in [0.3, 0.4) is 0 Å². The number of imidazole rings is 1. The first kappa shape index (κ1) is 19.6. The van der Waals surface area contributed by atoms with Gasteiger partial charge in [-0.3, -0.25) is 9.59 Å². The summed E-state index contributed by atoms with van der Waals surface area (Å²) >= 11 is 5.90. The van der Waals surface area contributed by atoms with Gasteiger partial charge in [0, 0.05) is 29.6 Å². The lowest BCUT2D eigenvalue weighted by atomic mass is 10.0. The predicted molar refractivity (Wildman–Crippen MR) is 109 cm³/mol. The van der Waals surface area contributed by atoms with Crippen LogP contribution >= 0.6 is 11.6 Å². The van der Waals surface area contributed by atoms with Gasteiger partial charge in [0.1, 0.15) is 0 Å². The summed E-state index contributed by atoms with van der Waals surface area (Å²) in [6.07, 6.45) is 6.00. The number of carbonyl (C=O) groups is 2. The predicted octanol–water partition coefficient (Wildman–Crippen LogP) is 3.79. The van der Waals surface area contributed by atoms with Gasteiger partial charge in [-0.25, -0.2) is 4.98 Å². The molecule has 6 nitrogen and oxygen atoms in total. The molecule has 2 aromatic carbocycles. The number of aromatic nitrogens is 2. The number of halogens is 1. The van der Waals surface area contributed by atoms with Crippen LogP contribution in [-0.4, -0.2) is 21.4 Å². The maximum absolute atomic E-state index is 12.3. The van der Waals surface area contributed by atoms with E-state index in [0.29, 0.717) is 23.7 Å². The van der Waals surface area contributed by atoms with Crippen LogP contribution in [0.2, 0.25) is 5.02 Å². The molecule has 2 N–H and O–H groups in total. The standard InChI is InChI=1S/C21H21ClN4O2/c1-2-19(16-5-7-17(22)8-6-16)25-21(28)20(27)24-18-9-3-15(4-10-18)13-26-12-11-23-14-26/h3-12,14,19H,2,13H2,1H3,(H,24,27)(H,25,28). The molecule has 0 bridgehead atoms. The normalized spacial score (nSPS) is 11.6. The molecule has 1 atom stereocenters. The zero-order valence-corrected chi connectivity index (χ0v) is 16.2. The summed E-state index contributed by atoms with van der Waals surface area (Å²) in [7, 11) is 0. The summed E-state index contributed by atoms with van der Waals surface area (Å²) in [5, 5.41) is 6.01. The maximum atomic E-state index is 12.3. The van der Waals surface area contributed by atoms with E-state index >= 15 is 0 Å². The van der Waals surface area contributed by atoms with E-state index < -0.39 is 11.8 Å². The highest BCUT2D eigenvalue weighted by Crippen LogP contribution is 2.19. The monoisotopic (exact) mass is 396 g/mol. The van der Waals surface area contributed by atoms with Crippen molar-refractivity contribution >= 4 is 29.1 Å². The Hall–Kier alpha value is -3.12. The molecule has 0 aliphatic heterocycles. The van der Waals surface area contributed by atoms with Crippen molar-refractivity contribution in [2.24, 2.45) is 0 Å². The Morgan fingerprint density at radius 3 is 2.39 bits per heavy atom. The number of nitrogens with zero attached hydrogens (tertiary/aromatic N) is 2. The van der Waals surface area contributed by atoms with Gasteiger partial charge in [-0.1, -0.05) is 42.8 Å². The fourth-order valence-electron chi connectivity index (χ4n) is 2.81. The van der Waals surface area contributed by atoms with Gasteiger partial charge in [-0.05, 0) is 41.8 Å². The molecule has 1 unspecified atom stereocenters. The third-order valence-corrected chi connectivity index (χ3v) is 4.58. The fraction of sp³-hybridized carbons (Fsp3) is 0.190. The zero-order valence-electron chi connectivity index (χ0n) is 15.4. The smallest absolute Gasteiger partial charge is 0.313 e.